The number of likely N-dealkylation sites (N-methyl/N-ethyl adjacent to an activating group) is 1. The molecule has 0 N–H and O–H groups in total. The van der Waals surface area contributed by atoms with Gasteiger partial charge in [-0.3, -0.25) is 0 Å². The topological polar surface area (TPSA) is 9.72 Å². The van der Waals surface area contributed by atoms with E-state index in [0.717, 1.165) is 13.1 Å². The van der Waals surface area contributed by atoms with Gasteiger partial charge in [-0.05, 0) is 38.8 Å². The van der Waals surface area contributed by atoms with E-state index >= 15 is 0 Å². The summed E-state index contributed by atoms with van der Waals surface area (Å²) in [6, 6.07) is 2.88. The molecule has 19 heavy (non-hydrogen) atoms. The highest BCUT2D eigenvalue weighted by Gasteiger charge is 2.21. The minimum Gasteiger partial charge on any atom is -0.364 e. The molecule has 0 aliphatic carbocycles. The fourth-order valence-corrected chi connectivity index (χ4v) is 2.41. The third-order valence-electron chi connectivity index (χ3n) is 3.39. The van der Waals surface area contributed by atoms with Crippen LogP contribution >= 0.6 is 0 Å². The zero-order chi connectivity index (χ0) is 14.0. The highest BCUT2D eigenvalue weighted by Crippen LogP contribution is 2.26. The summed E-state index contributed by atoms with van der Waals surface area (Å²) >= 11 is 0. The Morgan fingerprint density at radius 2 is 1.58 bits per heavy atom. The van der Waals surface area contributed by atoms with Crippen molar-refractivity contribution in [3.63, 3.8) is 0 Å². The Bertz CT molecular complexity index is 417. The standard InChI is InChI=1S/C14H21F2N3/c1-17(2)10-11-8-12(15)14(13(16)9-11)19-6-4-18(3)5-7-19/h8-9H,4-7,10H2,1-3H3. The van der Waals surface area contributed by atoms with Crippen molar-refractivity contribution in [3.8, 4) is 0 Å². The molecule has 2 rings (SSSR count). The molecule has 0 radical (unpaired) electrons. The van der Waals surface area contributed by atoms with Crippen molar-refractivity contribution < 1.29 is 8.78 Å². The van der Waals surface area contributed by atoms with Crippen LogP contribution in [0.2, 0.25) is 0 Å². The number of rotatable bonds is 3. The van der Waals surface area contributed by atoms with E-state index in [-0.39, 0.29) is 5.69 Å². The number of nitrogens with zero attached hydrogens (tertiary/aromatic N) is 3. The number of benzene rings is 1. The van der Waals surface area contributed by atoms with E-state index in [0.29, 0.717) is 25.2 Å². The van der Waals surface area contributed by atoms with Gasteiger partial charge < -0.3 is 14.7 Å². The van der Waals surface area contributed by atoms with Crippen LogP contribution in [-0.2, 0) is 6.54 Å². The van der Waals surface area contributed by atoms with Gasteiger partial charge in [0.05, 0.1) is 0 Å². The molecule has 0 spiro atoms. The Hall–Kier alpha value is -1.20. The quantitative estimate of drug-likeness (QED) is 0.828. The smallest absolute Gasteiger partial charge is 0.149 e. The molecule has 0 atom stereocenters. The number of anilines is 1. The first-order valence-electron chi connectivity index (χ1n) is 6.53. The Labute approximate surface area is 113 Å². The Morgan fingerprint density at radius 3 is 2.05 bits per heavy atom. The summed E-state index contributed by atoms with van der Waals surface area (Å²) < 4.78 is 28.3. The molecule has 1 heterocycles. The molecular weight excluding hydrogens is 248 g/mol. The molecule has 0 amide bonds. The summed E-state index contributed by atoms with van der Waals surface area (Å²) in [5.74, 6) is -0.914. The van der Waals surface area contributed by atoms with Gasteiger partial charge in [-0.1, -0.05) is 0 Å². The van der Waals surface area contributed by atoms with E-state index in [2.05, 4.69) is 4.90 Å². The largest absolute Gasteiger partial charge is 0.364 e. The van der Waals surface area contributed by atoms with Gasteiger partial charge in [0.2, 0.25) is 0 Å². The Kier molecular flexibility index (Phi) is 4.37. The minimum atomic E-state index is -0.457. The van der Waals surface area contributed by atoms with Gasteiger partial charge in [-0.15, -0.1) is 0 Å². The Morgan fingerprint density at radius 1 is 1.05 bits per heavy atom. The molecule has 1 aliphatic rings. The van der Waals surface area contributed by atoms with E-state index in [1.54, 1.807) is 4.90 Å². The van der Waals surface area contributed by atoms with Gasteiger partial charge in [-0.2, -0.15) is 0 Å². The van der Waals surface area contributed by atoms with E-state index in [1.807, 2.05) is 26.0 Å². The van der Waals surface area contributed by atoms with E-state index in [1.165, 1.54) is 12.1 Å². The molecule has 1 fully saturated rings. The van der Waals surface area contributed by atoms with Crippen LogP contribution < -0.4 is 4.90 Å². The van der Waals surface area contributed by atoms with Crippen molar-refractivity contribution in [3.05, 3.63) is 29.3 Å². The lowest BCUT2D eigenvalue weighted by Gasteiger charge is -2.34. The molecule has 106 valence electrons. The first-order chi connectivity index (χ1) is 8.97. The van der Waals surface area contributed by atoms with Gasteiger partial charge in [0, 0.05) is 32.7 Å². The molecule has 1 aromatic carbocycles. The first-order valence-corrected chi connectivity index (χ1v) is 6.53. The third-order valence-corrected chi connectivity index (χ3v) is 3.39. The van der Waals surface area contributed by atoms with Crippen LogP contribution in [0.3, 0.4) is 0 Å². The average molecular weight is 269 g/mol. The van der Waals surface area contributed by atoms with Gasteiger partial charge in [0.25, 0.3) is 0 Å². The normalized spacial score (nSPS) is 17.3. The molecule has 1 aromatic rings. The van der Waals surface area contributed by atoms with Crippen LogP contribution in [0.25, 0.3) is 0 Å². The second-order valence-corrected chi connectivity index (χ2v) is 5.44. The zero-order valence-electron chi connectivity index (χ0n) is 11.8. The molecule has 3 nitrogen and oxygen atoms in total. The van der Waals surface area contributed by atoms with Crippen molar-refractivity contribution in [2.24, 2.45) is 0 Å². The maximum atomic E-state index is 14.1. The molecular formula is C14H21F2N3. The predicted molar refractivity (Wildman–Crippen MR) is 73.5 cm³/mol. The summed E-state index contributed by atoms with van der Waals surface area (Å²) in [7, 11) is 5.78. The summed E-state index contributed by atoms with van der Waals surface area (Å²) in [4.78, 5) is 5.85. The van der Waals surface area contributed by atoms with Crippen LogP contribution in [0.15, 0.2) is 12.1 Å². The van der Waals surface area contributed by atoms with Crippen molar-refractivity contribution in [2.75, 3.05) is 52.2 Å². The van der Waals surface area contributed by atoms with Gasteiger partial charge in [0.1, 0.15) is 17.3 Å². The molecule has 1 saturated heterocycles. The van der Waals surface area contributed by atoms with E-state index < -0.39 is 11.6 Å². The van der Waals surface area contributed by atoms with E-state index in [9.17, 15) is 8.78 Å². The van der Waals surface area contributed by atoms with Crippen LogP contribution in [0, 0.1) is 11.6 Å². The summed E-state index contributed by atoms with van der Waals surface area (Å²) in [5, 5.41) is 0. The van der Waals surface area contributed by atoms with Crippen LogP contribution in [0.5, 0.6) is 0 Å². The fourth-order valence-electron chi connectivity index (χ4n) is 2.41. The minimum absolute atomic E-state index is 0.121. The predicted octanol–water partition coefficient (Wildman–Crippen LogP) is 1.78. The van der Waals surface area contributed by atoms with Crippen LogP contribution in [-0.4, -0.2) is 57.1 Å². The second kappa shape index (κ2) is 5.84. The van der Waals surface area contributed by atoms with Gasteiger partial charge in [-0.25, -0.2) is 8.78 Å². The molecule has 5 heteroatoms. The summed E-state index contributed by atoms with van der Waals surface area (Å²) in [6.07, 6.45) is 0. The molecule has 1 aliphatic heterocycles. The second-order valence-electron chi connectivity index (χ2n) is 5.44. The first kappa shape index (κ1) is 14.2. The number of hydrogen-bond acceptors (Lipinski definition) is 3. The van der Waals surface area contributed by atoms with Crippen LogP contribution in [0.1, 0.15) is 5.56 Å². The zero-order valence-corrected chi connectivity index (χ0v) is 11.8. The van der Waals surface area contributed by atoms with E-state index in [4.69, 9.17) is 0 Å². The third kappa shape index (κ3) is 3.42. The number of piperazine rings is 1. The fraction of sp³-hybridized carbons (Fsp3) is 0.571. The lowest BCUT2D eigenvalue weighted by atomic mass is 10.1. The molecule has 0 aromatic heterocycles. The molecule has 0 unspecified atom stereocenters. The van der Waals surface area contributed by atoms with Crippen molar-refractivity contribution in [1.82, 2.24) is 9.80 Å². The van der Waals surface area contributed by atoms with Gasteiger partial charge in [0.15, 0.2) is 0 Å². The van der Waals surface area contributed by atoms with Crippen molar-refractivity contribution >= 4 is 5.69 Å². The number of hydrogen-bond donors (Lipinski definition) is 0. The maximum absolute atomic E-state index is 14.1. The van der Waals surface area contributed by atoms with Gasteiger partial charge >= 0.3 is 0 Å². The average Bonchev–Trinajstić information content (AvgIpc) is 2.29. The lowest BCUT2D eigenvalue weighted by molar-refractivity contribution is 0.310. The number of halogens is 2. The van der Waals surface area contributed by atoms with Crippen molar-refractivity contribution in [2.45, 2.75) is 6.54 Å². The Balaban J connectivity index is 2.21. The highest BCUT2D eigenvalue weighted by atomic mass is 19.1. The molecule has 0 saturated carbocycles. The SMILES string of the molecule is CN(C)Cc1cc(F)c(N2CCN(C)CC2)c(F)c1. The van der Waals surface area contributed by atoms with Crippen LogP contribution in [0.4, 0.5) is 14.5 Å². The lowest BCUT2D eigenvalue weighted by Crippen LogP contribution is -2.45. The van der Waals surface area contributed by atoms with Crippen molar-refractivity contribution in [1.29, 1.82) is 0 Å². The summed E-state index contributed by atoms with van der Waals surface area (Å²) in [5.41, 5.74) is 0.786. The summed E-state index contributed by atoms with van der Waals surface area (Å²) in [6.45, 7) is 3.53. The monoisotopic (exact) mass is 269 g/mol. The highest BCUT2D eigenvalue weighted by molar-refractivity contribution is 5.51. The maximum Gasteiger partial charge on any atom is 0.149 e. The molecule has 0 bridgehead atoms.